The van der Waals surface area contributed by atoms with Crippen molar-refractivity contribution in [3.8, 4) is 0 Å². The van der Waals surface area contributed by atoms with Gasteiger partial charge in [-0.15, -0.1) is 0 Å². The molecule has 0 bridgehead atoms. The molecule has 2 heterocycles. The lowest BCUT2D eigenvalue weighted by Crippen LogP contribution is -2.50. The van der Waals surface area contributed by atoms with Crippen molar-refractivity contribution in [2.45, 2.75) is 38.1 Å². The Morgan fingerprint density at radius 2 is 2.30 bits per heavy atom. The predicted octanol–water partition coefficient (Wildman–Crippen LogP) is 3.54. The Kier molecular flexibility index (Phi) is 3.78. The van der Waals surface area contributed by atoms with Gasteiger partial charge < -0.3 is 10.1 Å². The van der Waals surface area contributed by atoms with Crippen LogP contribution in [0.25, 0.3) is 17.0 Å². The molecule has 2 N–H and O–H groups in total. The third kappa shape index (κ3) is 2.26. The van der Waals surface area contributed by atoms with Crippen LogP contribution in [0.4, 0.5) is 0 Å². The zero-order valence-corrected chi connectivity index (χ0v) is 13.9. The molecular formula is C20H26N2O. The number of hydrogen-bond acceptors (Lipinski definition) is 2. The summed E-state index contributed by atoms with van der Waals surface area (Å²) in [5.74, 6) is 0.939. The van der Waals surface area contributed by atoms with Gasteiger partial charge in [0.1, 0.15) is 0 Å². The van der Waals surface area contributed by atoms with Crippen LogP contribution in [0.15, 0.2) is 24.8 Å². The highest BCUT2D eigenvalue weighted by Gasteiger charge is 2.40. The number of benzene rings is 1. The van der Waals surface area contributed by atoms with Gasteiger partial charge in [-0.2, -0.15) is 0 Å². The summed E-state index contributed by atoms with van der Waals surface area (Å²) in [5.41, 5.74) is 5.33. The fourth-order valence-corrected chi connectivity index (χ4v) is 4.87. The largest absolute Gasteiger partial charge is 0.396 e. The molecule has 0 spiro atoms. The number of likely N-dealkylation sites (tertiary alicyclic amines) is 1. The zero-order chi connectivity index (χ0) is 16.0. The minimum Gasteiger partial charge on any atom is -0.396 e. The summed E-state index contributed by atoms with van der Waals surface area (Å²) < 4.78 is 0. The van der Waals surface area contributed by atoms with E-state index < -0.39 is 0 Å². The zero-order valence-electron chi connectivity index (χ0n) is 13.9. The molecule has 1 fully saturated rings. The molecular weight excluding hydrogens is 284 g/mol. The van der Waals surface area contributed by atoms with Gasteiger partial charge >= 0.3 is 0 Å². The smallest absolute Gasteiger partial charge is 0.0471 e. The van der Waals surface area contributed by atoms with Crippen molar-refractivity contribution in [3.05, 3.63) is 41.6 Å². The number of hydrogen-bond donors (Lipinski definition) is 2. The van der Waals surface area contributed by atoms with Gasteiger partial charge in [-0.05, 0) is 55.0 Å². The molecule has 1 unspecified atom stereocenters. The molecule has 2 aromatic rings. The summed E-state index contributed by atoms with van der Waals surface area (Å²) in [4.78, 5) is 6.16. The van der Waals surface area contributed by atoms with Crippen LogP contribution in [0, 0.1) is 5.92 Å². The minimum atomic E-state index is 0.303. The van der Waals surface area contributed by atoms with E-state index in [0.717, 1.165) is 25.9 Å². The van der Waals surface area contributed by atoms with Crippen molar-refractivity contribution < 1.29 is 5.11 Å². The highest BCUT2D eigenvalue weighted by molar-refractivity contribution is 5.91. The molecule has 122 valence electrons. The quantitative estimate of drug-likeness (QED) is 0.906. The monoisotopic (exact) mass is 310 g/mol. The summed E-state index contributed by atoms with van der Waals surface area (Å²) in [6, 6.07) is 7.20. The molecule has 0 saturated carbocycles. The Bertz CT molecular complexity index is 733. The van der Waals surface area contributed by atoms with E-state index in [4.69, 9.17) is 0 Å². The maximum absolute atomic E-state index is 9.75. The van der Waals surface area contributed by atoms with Crippen molar-refractivity contribution in [3.63, 3.8) is 0 Å². The van der Waals surface area contributed by atoms with E-state index in [9.17, 15) is 5.11 Å². The molecule has 1 aromatic carbocycles. The summed E-state index contributed by atoms with van der Waals surface area (Å²) in [7, 11) is 0. The molecule has 4 rings (SSSR count). The van der Waals surface area contributed by atoms with Crippen LogP contribution >= 0.6 is 0 Å². The lowest BCUT2D eigenvalue weighted by Gasteiger charge is -2.47. The minimum absolute atomic E-state index is 0.303. The molecule has 1 aliphatic heterocycles. The Balaban J connectivity index is 1.85. The highest BCUT2D eigenvalue weighted by Crippen LogP contribution is 2.45. The van der Waals surface area contributed by atoms with Crippen molar-refractivity contribution in [1.82, 2.24) is 9.88 Å². The molecule has 3 atom stereocenters. The fraction of sp³-hybridized carbons (Fsp3) is 0.500. The predicted molar refractivity (Wildman–Crippen MR) is 95.7 cm³/mol. The number of nitrogens with one attached hydrogen (secondary N) is 1. The third-order valence-corrected chi connectivity index (χ3v) is 5.79. The van der Waals surface area contributed by atoms with Crippen molar-refractivity contribution in [1.29, 1.82) is 0 Å². The van der Waals surface area contributed by atoms with E-state index >= 15 is 0 Å². The van der Waals surface area contributed by atoms with Crippen LogP contribution in [0.3, 0.4) is 0 Å². The van der Waals surface area contributed by atoms with E-state index in [2.05, 4.69) is 41.6 Å². The lowest BCUT2D eigenvalue weighted by molar-refractivity contribution is 0.0571. The van der Waals surface area contributed by atoms with Crippen LogP contribution < -0.4 is 0 Å². The lowest BCUT2D eigenvalue weighted by atomic mass is 9.72. The van der Waals surface area contributed by atoms with E-state index in [1.165, 1.54) is 34.1 Å². The highest BCUT2D eigenvalue weighted by atomic mass is 16.3. The maximum atomic E-state index is 9.75. The molecule has 0 radical (unpaired) electrons. The van der Waals surface area contributed by atoms with Crippen LogP contribution in [0.5, 0.6) is 0 Å². The summed E-state index contributed by atoms with van der Waals surface area (Å²) >= 11 is 0. The third-order valence-electron chi connectivity index (χ3n) is 5.79. The van der Waals surface area contributed by atoms with Crippen molar-refractivity contribution in [2.24, 2.45) is 5.92 Å². The van der Waals surface area contributed by atoms with Gasteiger partial charge in [0.05, 0.1) is 0 Å². The number of piperidine rings is 1. The summed E-state index contributed by atoms with van der Waals surface area (Å²) in [6.45, 7) is 8.70. The van der Waals surface area contributed by atoms with Gasteiger partial charge in [0, 0.05) is 41.7 Å². The van der Waals surface area contributed by atoms with Crippen molar-refractivity contribution >= 4 is 17.0 Å². The number of aliphatic hydroxyl groups is 1. The normalized spacial score (nSPS) is 27.1. The van der Waals surface area contributed by atoms with Gasteiger partial charge in [0.2, 0.25) is 0 Å². The number of aromatic amines is 1. The Hall–Kier alpha value is -1.58. The number of nitrogens with zero attached hydrogens (tertiary/aromatic N) is 1. The molecule has 1 aliphatic carbocycles. The Morgan fingerprint density at radius 3 is 3.04 bits per heavy atom. The van der Waals surface area contributed by atoms with E-state index in [1.54, 1.807) is 0 Å². The first-order valence-corrected chi connectivity index (χ1v) is 8.87. The number of aliphatic hydroxyl groups excluding tert-OH is 1. The van der Waals surface area contributed by atoms with Crippen LogP contribution in [0.2, 0.25) is 0 Å². The number of H-pyrrole nitrogens is 1. The standard InChI is InChI=1S/C20H26N2O/c1-3-8-22-11-13(12-23)9-15-14-6-5-7-18-20(14)16(10-19(15)22)17(4-2)21-18/h4-7,13,15,19,21,23H,2-3,8-12H2,1H3/t13?,15-,19-/m1/s1. The number of fused-ring (bicyclic) bond motifs is 2. The molecule has 3 heteroatoms. The van der Waals surface area contributed by atoms with Crippen LogP contribution in [-0.4, -0.2) is 40.7 Å². The number of rotatable bonds is 4. The summed E-state index contributed by atoms with van der Waals surface area (Å²) in [5, 5.41) is 11.2. The molecule has 23 heavy (non-hydrogen) atoms. The average molecular weight is 310 g/mol. The second-order valence-corrected chi connectivity index (χ2v) is 7.15. The molecule has 1 saturated heterocycles. The fourth-order valence-electron chi connectivity index (χ4n) is 4.87. The van der Waals surface area contributed by atoms with Gasteiger partial charge in [-0.1, -0.05) is 25.6 Å². The van der Waals surface area contributed by atoms with E-state index in [0.29, 0.717) is 24.5 Å². The molecule has 0 amide bonds. The Morgan fingerprint density at radius 1 is 1.43 bits per heavy atom. The Labute approximate surface area is 138 Å². The van der Waals surface area contributed by atoms with Gasteiger partial charge in [-0.25, -0.2) is 0 Å². The molecule has 1 aromatic heterocycles. The SMILES string of the molecule is C=Cc1[nH]c2cccc3c2c1C[C@@H]1[C@@H]3CC(CO)CN1CCC. The van der Waals surface area contributed by atoms with E-state index in [1.807, 2.05) is 6.08 Å². The topological polar surface area (TPSA) is 39.3 Å². The first kappa shape index (κ1) is 15.0. The molecule has 3 nitrogen and oxygen atoms in total. The average Bonchev–Trinajstić information content (AvgIpc) is 2.95. The maximum Gasteiger partial charge on any atom is 0.0471 e. The molecule has 2 aliphatic rings. The van der Waals surface area contributed by atoms with Gasteiger partial charge in [0.15, 0.2) is 0 Å². The summed E-state index contributed by atoms with van der Waals surface area (Å²) in [6.07, 6.45) is 5.33. The number of aromatic nitrogens is 1. The van der Waals surface area contributed by atoms with Crippen molar-refractivity contribution in [2.75, 3.05) is 19.7 Å². The van der Waals surface area contributed by atoms with Crippen LogP contribution in [-0.2, 0) is 6.42 Å². The first-order valence-electron chi connectivity index (χ1n) is 8.87. The second kappa shape index (κ2) is 5.81. The first-order chi connectivity index (χ1) is 11.3. The second-order valence-electron chi connectivity index (χ2n) is 7.15. The van der Waals surface area contributed by atoms with E-state index in [-0.39, 0.29) is 0 Å². The van der Waals surface area contributed by atoms with Crippen LogP contribution in [0.1, 0.15) is 42.5 Å². The van der Waals surface area contributed by atoms with Gasteiger partial charge in [0.25, 0.3) is 0 Å². The van der Waals surface area contributed by atoms with Gasteiger partial charge in [-0.3, -0.25) is 4.90 Å².